The van der Waals surface area contributed by atoms with E-state index in [9.17, 15) is 18.7 Å². The van der Waals surface area contributed by atoms with Crippen molar-refractivity contribution in [1.29, 1.82) is 0 Å². The summed E-state index contributed by atoms with van der Waals surface area (Å²) < 4.78 is 36.7. The molecule has 2 N–H and O–H groups in total. The molecule has 2 aliphatic heterocycles. The second kappa shape index (κ2) is 7.42. The first kappa shape index (κ1) is 17.7. The number of amides is 1. The van der Waals surface area contributed by atoms with Gasteiger partial charge in [0.25, 0.3) is 5.91 Å². The summed E-state index contributed by atoms with van der Waals surface area (Å²) in [4.78, 5) is 17.3. The fourth-order valence-corrected chi connectivity index (χ4v) is 2.81. The van der Waals surface area contributed by atoms with Crippen molar-refractivity contribution in [3.8, 4) is 0 Å². The van der Waals surface area contributed by atoms with Gasteiger partial charge in [0.15, 0.2) is 6.29 Å². The van der Waals surface area contributed by atoms with Crippen molar-refractivity contribution >= 4 is 11.6 Å². The maximum atomic E-state index is 13.3. The molecule has 0 bridgehead atoms. The molecule has 7 nitrogen and oxygen atoms in total. The van der Waals surface area contributed by atoms with Gasteiger partial charge in [0.1, 0.15) is 17.7 Å². The SMILES string of the molecule is COC(O)C1C[C@@H](NC(=O)C2CC(c3cc(F)cc(F)c3)=NO2)CO1. The molecule has 136 valence electrons. The van der Waals surface area contributed by atoms with E-state index in [0.29, 0.717) is 12.1 Å². The van der Waals surface area contributed by atoms with Gasteiger partial charge in [-0.2, -0.15) is 0 Å². The standard InChI is InChI=1S/C16H18F2N2O5/c1-23-16(22)14-5-11(7-24-14)19-15(21)13-6-12(20-25-13)8-2-9(17)4-10(18)3-8/h2-4,11,13-14,16,22H,5-7H2,1H3,(H,19,21)/t11-,13?,14?,16?/m1/s1. The molecule has 0 spiro atoms. The summed E-state index contributed by atoms with van der Waals surface area (Å²) in [5, 5.41) is 16.1. The Bertz CT molecular complexity index is 664. The van der Waals surface area contributed by atoms with E-state index in [-0.39, 0.29) is 24.6 Å². The van der Waals surface area contributed by atoms with Gasteiger partial charge in [-0.3, -0.25) is 4.79 Å². The first-order valence-corrected chi connectivity index (χ1v) is 7.78. The molecule has 0 radical (unpaired) electrons. The minimum absolute atomic E-state index is 0.104. The molecule has 0 saturated carbocycles. The molecule has 4 atom stereocenters. The number of rotatable bonds is 5. The van der Waals surface area contributed by atoms with Crippen molar-refractivity contribution in [2.75, 3.05) is 13.7 Å². The number of aliphatic hydroxyl groups excluding tert-OH is 1. The van der Waals surface area contributed by atoms with Crippen molar-refractivity contribution in [3.05, 3.63) is 35.4 Å². The van der Waals surface area contributed by atoms with E-state index in [2.05, 4.69) is 10.5 Å². The highest BCUT2D eigenvalue weighted by Crippen LogP contribution is 2.21. The van der Waals surface area contributed by atoms with E-state index in [4.69, 9.17) is 14.3 Å². The zero-order valence-corrected chi connectivity index (χ0v) is 13.4. The molecule has 3 rings (SSSR count). The van der Waals surface area contributed by atoms with Crippen LogP contribution in [-0.4, -0.2) is 55.0 Å². The highest BCUT2D eigenvalue weighted by atomic mass is 19.1. The third-order valence-electron chi connectivity index (χ3n) is 4.09. The molecule has 1 aromatic rings. The van der Waals surface area contributed by atoms with Crippen LogP contribution in [0.25, 0.3) is 0 Å². The number of ether oxygens (including phenoxy) is 2. The minimum atomic E-state index is -1.05. The second-order valence-corrected chi connectivity index (χ2v) is 5.93. The Morgan fingerprint density at radius 2 is 2.12 bits per heavy atom. The normalized spacial score (nSPS) is 26.9. The fourth-order valence-electron chi connectivity index (χ4n) is 2.81. The first-order valence-electron chi connectivity index (χ1n) is 7.78. The van der Waals surface area contributed by atoms with E-state index in [1.54, 1.807) is 0 Å². The highest BCUT2D eigenvalue weighted by Gasteiger charge is 2.35. The van der Waals surface area contributed by atoms with Crippen molar-refractivity contribution in [1.82, 2.24) is 5.32 Å². The maximum Gasteiger partial charge on any atom is 0.264 e. The Kier molecular flexibility index (Phi) is 5.26. The molecule has 2 aliphatic rings. The quantitative estimate of drug-likeness (QED) is 0.758. The van der Waals surface area contributed by atoms with Gasteiger partial charge in [-0.15, -0.1) is 0 Å². The Morgan fingerprint density at radius 3 is 2.80 bits per heavy atom. The number of methoxy groups -OCH3 is 1. The summed E-state index contributed by atoms with van der Waals surface area (Å²) in [6.07, 6.45) is -1.94. The fraction of sp³-hybridized carbons (Fsp3) is 0.500. The van der Waals surface area contributed by atoms with Crippen LogP contribution in [0.2, 0.25) is 0 Å². The van der Waals surface area contributed by atoms with Crippen molar-refractivity contribution < 1.29 is 33.0 Å². The smallest absolute Gasteiger partial charge is 0.264 e. The van der Waals surface area contributed by atoms with Gasteiger partial charge in [0, 0.05) is 31.6 Å². The molecule has 1 amide bonds. The second-order valence-electron chi connectivity index (χ2n) is 5.93. The van der Waals surface area contributed by atoms with Crippen LogP contribution in [0.15, 0.2) is 23.4 Å². The highest BCUT2D eigenvalue weighted by molar-refractivity contribution is 6.04. The Hall–Kier alpha value is -2.10. The zero-order valence-electron chi connectivity index (χ0n) is 13.4. The van der Waals surface area contributed by atoms with Crippen LogP contribution in [0.4, 0.5) is 8.78 Å². The molecule has 2 heterocycles. The molecule has 3 unspecified atom stereocenters. The van der Waals surface area contributed by atoms with Crippen molar-refractivity contribution in [2.24, 2.45) is 5.16 Å². The first-order chi connectivity index (χ1) is 12.0. The van der Waals surface area contributed by atoms with Crippen LogP contribution < -0.4 is 5.32 Å². The molecule has 0 aromatic heterocycles. The van der Waals surface area contributed by atoms with Gasteiger partial charge in [-0.25, -0.2) is 8.78 Å². The number of benzene rings is 1. The average Bonchev–Trinajstić information content (AvgIpc) is 3.22. The average molecular weight is 356 g/mol. The van der Waals surface area contributed by atoms with Crippen LogP contribution in [0, 0.1) is 11.6 Å². The van der Waals surface area contributed by atoms with Gasteiger partial charge in [-0.05, 0) is 12.1 Å². The van der Waals surface area contributed by atoms with Gasteiger partial charge in [0.2, 0.25) is 6.10 Å². The van der Waals surface area contributed by atoms with E-state index in [0.717, 1.165) is 18.2 Å². The number of hydrogen-bond donors (Lipinski definition) is 2. The van der Waals surface area contributed by atoms with Crippen LogP contribution >= 0.6 is 0 Å². The molecular weight excluding hydrogens is 338 g/mol. The van der Waals surface area contributed by atoms with Crippen LogP contribution in [0.1, 0.15) is 18.4 Å². The summed E-state index contributed by atoms with van der Waals surface area (Å²) in [6, 6.07) is 2.73. The van der Waals surface area contributed by atoms with Gasteiger partial charge in [-0.1, -0.05) is 5.16 Å². The summed E-state index contributed by atoms with van der Waals surface area (Å²) in [5.41, 5.74) is 0.536. The number of carbonyl (C=O) groups excluding carboxylic acids is 1. The molecular formula is C16H18F2N2O5. The number of nitrogens with zero attached hydrogens (tertiary/aromatic N) is 1. The van der Waals surface area contributed by atoms with E-state index >= 15 is 0 Å². The topological polar surface area (TPSA) is 89.4 Å². The van der Waals surface area contributed by atoms with Crippen molar-refractivity contribution in [2.45, 2.75) is 37.4 Å². The summed E-state index contributed by atoms with van der Waals surface area (Å²) in [5.74, 6) is -1.86. The molecule has 25 heavy (non-hydrogen) atoms. The lowest BCUT2D eigenvalue weighted by molar-refractivity contribution is -0.148. The minimum Gasteiger partial charge on any atom is -0.382 e. The number of halogens is 2. The number of oxime groups is 1. The Labute approximate surface area is 142 Å². The lowest BCUT2D eigenvalue weighted by atomic mass is 10.0. The van der Waals surface area contributed by atoms with Crippen molar-refractivity contribution in [3.63, 3.8) is 0 Å². The molecule has 1 fully saturated rings. The predicted octanol–water partition coefficient (Wildman–Crippen LogP) is 0.696. The lowest BCUT2D eigenvalue weighted by Gasteiger charge is -2.16. The molecule has 0 aliphatic carbocycles. The molecule has 1 saturated heterocycles. The molecule has 1 aromatic carbocycles. The third-order valence-corrected chi connectivity index (χ3v) is 4.09. The Balaban J connectivity index is 1.54. The Morgan fingerprint density at radius 1 is 1.40 bits per heavy atom. The largest absolute Gasteiger partial charge is 0.382 e. The van der Waals surface area contributed by atoms with E-state index in [1.807, 2.05) is 0 Å². The number of hydrogen-bond acceptors (Lipinski definition) is 6. The summed E-state index contributed by atoms with van der Waals surface area (Å²) in [7, 11) is 1.36. The molecule has 9 heteroatoms. The van der Waals surface area contributed by atoms with Crippen LogP contribution in [0.3, 0.4) is 0 Å². The zero-order chi connectivity index (χ0) is 18.0. The van der Waals surface area contributed by atoms with Crippen LogP contribution in [-0.2, 0) is 19.1 Å². The number of nitrogens with one attached hydrogen (secondary N) is 1. The van der Waals surface area contributed by atoms with Gasteiger partial charge < -0.3 is 24.7 Å². The lowest BCUT2D eigenvalue weighted by Crippen LogP contribution is -2.42. The van der Waals surface area contributed by atoms with Gasteiger partial charge in [0.05, 0.1) is 18.4 Å². The van der Waals surface area contributed by atoms with E-state index < -0.39 is 36.0 Å². The van der Waals surface area contributed by atoms with Gasteiger partial charge >= 0.3 is 0 Å². The monoisotopic (exact) mass is 356 g/mol. The number of carbonyl (C=O) groups is 1. The number of aliphatic hydroxyl groups is 1. The maximum absolute atomic E-state index is 13.3. The van der Waals surface area contributed by atoms with Crippen LogP contribution in [0.5, 0.6) is 0 Å². The summed E-state index contributed by atoms with van der Waals surface area (Å²) >= 11 is 0. The summed E-state index contributed by atoms with van der Waals surface area (Å²) in [6.45, 7) is 0.242. The van der Waals surface area contributed by atoms with E-state index in [1.165, 1.54) is 7.11 Å². The predicted molar refractivity (Wildman–Crippen MR) is 81.7 cm³/mol. The third kappa shape index (κ3) is 4.12.